The van der Waals surface area contributed by atoms with Crippen molar-refractivity contribution in [3.05, 3.63) is 22.9 Å². The third-order valence-electron chi connectivity index (χ3n) is 3.14. The van der Waals surface area contributed by atoms with Crippen molar-refractivity contribution in [3.63, 3.8) is 0 Å². The summed E-state index contributed by atoms with van der Waals surface area (Å²) in [5, 5.41) is 21.4. The van der Waals surface area contributed by atoms with E-state index in [-0.39, 0.29) is 5.56 Å². The third kappa shape index (κ3) is 2.79. The van der Waals surface area contributed by atoms with Crippen LogP contribution in [0.1, 0.15) is 41.4 Å². The Morgan fingerprint density at radius 2 is 2.33 bits per heavy atom. The van der Waals surface area contributed by atoms with E-state index in [4.69, 9.17) is 0 Å². The maximum absolute atomic E-state index is 11.2. The summed E-state index contributed by atoms with van der Waals surface area (Å²) >= 11 is 0. The first-order valence-corrected chi connectivity index (χ1v) is 6.26. The lowest BCUT2D eigenvalue weighted by Gasteiger charge is -2.11. The topological polar surface area (TPSA) is 82.5 Å². The van der Waals surface area contributed by atoms with Crippen molar-refractivity contribution in [1.82, 2.24) is 4.98 Å². The maximum Gasteiger partial charge on any atom is 0.339 e. The molecule has 1 aromatic rings. The fraction of sp³-hybridized carbons (Fsp3) is 0.538. The summed E-state index contributed by atoms with van der Waals surface area (Å²) in [6.45, 7) is 2.22. The highest BCUT2D eigenvalue weighted by molar-refractivity contribution is 5.93. The van der Waals surface area contributed by atoms with Crippen LogP contribution in [-0.4, -0.2) is 33.8 Å². The number of hydrogen-bond donors (Lipinski definition) is 3. The normalized spacial score (nSPS) is 15.2. The Morgan fingerprint density at radius 3 is 3.00 bits per heavy atom. The Hall–Kier alpha value is -1.62. The summed E-state index contributed by atoms with van der Waals surface area (Å²) in [5.41, 5.74) is 2.27. The van der Waals surface area contributed by atoms with Crippen molar-refractivity contribution in [1.29, 1.82) is 0 Å². The summed E-state index contributed by atoms with van der Waals surface area (Å²) < 4.78 is 0. The predicted octanol–water partition coefficient (Wildman–Crippen LogP) is 1.45. The molecule has 1 aliphatic carbocycles. The number of rotatable bonds is 5. The number of anilines is 1. The van der Waals surface area contributed by atoms with Crippen molar-refractivity contribution < 1.29 is 15.0 Å². The lowest BCUT2D eigenvalue weighted by Crippen LogP contribution is -2.14. The number of carbonyl (C=O) groups is 1. The van der Waals surface area contributed by atoms with Crippen molar-refractivity contribution in [2.24, 2.45) is 0 Å². The first kappa shape index (κ1) is 12.8. The second-order valence-electron chi connectivity index (χ2n) is 4.71. The molecule has 0 aliphatic heterocycles. The Morgan fingerprint density at radius 1 is 1.56 bits per heavy atom. The molecule has 98 valence electrons. The Labute approximate surface area is 106 Å². The number of hydrogen-bond acceptors (Lipinski definition) is 4. The summed E-state index contributed by atoms with van der Waals surface area (Å²) in [6.07, 6.45) is 3.04. The largest absolute Gasteiger partial charge is 0.478 e. The first-order chi connectivity index (χ1) is 8.58. The molecule has 18 heavy (non-hydrogen) atoms. The number of pyridine rings is 1. The van der Waals surface area contributed by atoms with E-state index in [2.05, 4.69) is 10.3 Å². The average molecular weight is 250 g/mol. The summed E-state index contributed by atoms with van der Waals surface area (Å²) in [6, 6.07) is 1.72. The molecule has 0 saturated carbocycles. The second kappa shape index (κ2) is 5.35. The van der Waals surface area contributed by atoms with Crippen molar-refractivity contribution in [2.75, 3.05) is 11.9 Å². The van der Waals surface area contributed by atoms with Crippen LogP contribution in [-0.2, 0) is 12.8 Å². The number of carboxylic acids is 1. The monoisotopic (exact) mass is 250 g/mol. The summed E-state index contributed by atoms with van der Waals surface area (Å²) in [5.74, 6) is -0.541. The highest BCUT2D eigenvalue weighted by Crippen LogP contribution is 2.25. The molecular weight excluding hydrogens is 232 g/mol. The zero-order valence-corrected chi connectivity index (χ0v) is 10.4. The van der Waals surface area contributed by atoms with E-state index in [1.54, 1.807) is 13.0 Å². The molecule has 0 fully saturated rings. The number of nitrogens with zero attached hydrogens (tertiary/aromatic N) is 1. The van der Waals surface area contributed by atoms with Crippen LogP contribution >= 0.6 is 0 Å². The van der Waals surface area contributed by atoms with Crippen LogP contribution in [0, 0.1) is 0 Å². The number of aliphatic hydroxyl groups is 1. The molecule has 0 saturated heterocycles. The molecule has 1 unspecified atom stereocenters. The quantitative estimate of drug-likeness (QED) is 0.736. The lowest BCUT2D eigenvalue weighted by molar-refractivity contribution is 0.0697. The average Bonchev–Trinajstić information content (AvgIpc) is 2.74. The minimum absolute atomic E-state index is 0.223. The van der Waals surface area contributed by atoms with E-state index in [0.29, 0.717) is 18.8 Å². The van der Waals surface area contributed by atoms with Crippen LogP contribution in [0.5, 0.6) is 0 Å². The van der Waals surface area contributed by atoms with Crippen LogP contribution in [0.4, 0.5) is 5.82 Å². The van der Waals surface area contributed by atoms with Crippen molar-refractivity contribution in [3.8, 4) is 0 Å². The minimum Gasteiger partial charge on any atom is -0.478 e. The predicted molar refractivity (Wildman–Crippen MR) is 68.0 cm³/mol. The van der Waals surface area contributed by atoms with Crippen molar-refractivity contribution in [2.45, 2.75) is 38.7 Å². The second-order valence-corrected chi connectivity index (χ2v) is 4.71. The van der Waals surface area contributed by atoms with E-state index < -0.39 is 12.1 Å². The van der Waals surface area contributed by atoms with Crippen LogP contribution in [0.25, 0.3) is 0 Å². The van der Waals surface area contributed by atoms with Gasteiger partial charge in [-0.05, 0) is 44.2 Å². The van der Waals surface area contributed by atoms with E-state index >= 15 is 0 Å². The van der Waals surface area contributed by atoms with Gasteiger partial charge in [0.25, 0.3) is 0 Å². The minimum atomic E-state index is -0.961. The number of aromatic nitrogens is 1. The van der Waals surface area contributed by atoms with Crippen LogP contribution in [0.15, 0.2) is 6.07 Å². The molecule has 0 bridgehead atoms. The highest BCUT2D eigenvalue weighted by Gasteiger charge is 2.19. The fourth-order valence-electron chi connectivity index (χ4n) is 2.17. The zero-order chi connectivity index (χ0) is 13.1. The summed E-state index contributed by atoms with van der Waals surface area (Å²) in [7, 11) is 0. The highest BCUT2D eigenvalue weighted by atomic mass is 16.4. The Balaban J connectivity index is 2.19. The van der Waals surface area contributed by atoms with Gasteiger partial charge in [-0.25, -0.2) is 9.78 Å². The molecule has 1 aliphatic rings. The van der Waals surface area contributed by atoms with E-state index in [0.717, 1.165) is 30.5 Å². The molecule has 5 heteroatoms. The van der Waals surface area contributed by atoms with Crippen LogP contribution < -0.4 is 5.32 Å². The number of nitrogens with one attached hydrogen (secondary N) is 1. The van der Waals surface area contributed by atoms with Gasteiger partial charge in [0.05, 0.1) is 6.10 Å². The molecule has 1 heterocycles. The molecule has 0 spiro atoms. The number of fused-ring (bicyclic) bond motifs is 1. The maximum atomic E-state index is 11.2. The van der Waals surface area contributed by atoms with Gasteiger partial charge in [0.1, 0.15) is 11.4 Å². The molecule has 0 radical (unpaired) electrons. The van der Waals surface area contributed by atoms with Crippen molar-refractivity contribution >= 4 is 11.8 Å². The molecule has 3 N–H and O–H groups in total. The number of aryl methyl sites for hydroxylation is 2. The Kier molecular flexibility index (Phi) is 3.81. The smallest absolute Gasteiger partial charge is 0.339 e. The molecule has 5 nitrogen and oxygen atoms in total. The third-order valence-corrected chi connectivity index (χ3v) is 3.14. The Bertz CT molecular complexity index is 458. The SMILES string of the molecule is CC(O)CCNc1nc2c(cc1C(=O)O)CCC2. The van der Waals surface area contributed by atoms with Gasteiger partial charge in [0, 0.05) is 12.2 Å². The van der Waals surface area contributed by atoms with Gasteiger partial charge in [-0.2, -0.15) is 0 Å². The summed E-state index contributed by atoms with van der Waals surface area (Å²) in [4.78, 5) is 15.6. The number of aromatic carboxylic acids is 1. The first-order valence-electron chi connectivity index (χ1n) is 6.26. The number of carboxylic acid groups (broad SMARTS) is 1. The molecule has 0 aromatic carbocycles. The molecular formula is C13H18N2O3. The van der Waals surface area contributed by atoms with Gasteiger partial charge in [-0.3, -0.25) is 0 Å². The van der Waals surface area contributed by atoms with Gasteiger partial charge in [-0.1, -0.05) is 0 Å². The van der Waals surface area contributed by atoms with Gasteiger partial charge in [-0.15, -0.1) is 0 Å². The zero-order valence-electron chi connectivity index (χ0n) is 10.4. The van der Waals surface area contributed by atoms with E-state index in [9.17, 15) is 15.0 Å². The molecule has 1 aromatic heterocycles. The molecule has 1 atom stereocenters. The van der Waals surface area contributed by atoms with Crippen LogP contribution in [0.3, 0.4) is 0 Å². The molecule has 2 rings (SSSR count). The van der Waals surface area contributed by atoms with E-state index in [1.807, 2.05) is 0 Å². The van der Waals surface area contributed by atoms with Crippen LogP contribution in [0.2, 0.25) is 0 Å². The van der Waals surface area contributed by atoms with Gasteiger partial charge in [0.2, 0.25) is 0 Å². The number of aliphatic hydroxyl groups excluding tert-OH is 1. The fourth-order valence-corrected chi connectivity index (χ4v) is 2.17. The van der Waals surface area contributed by atoms with E-state index in [1.165, 1.54) is 0 Å². The van der Waals surface area contributed by atoms with Gasteiger partial charge >= 0.3 is 5.97 Å². The standard InChI is InChI=1S/C13H18N2O3/c1-8(16)5-6-14-12-10(13(17)18)7-9-3-2-4-11(9)15-12/h7-8,16H,2-6H2,1H3,(H,14,15)(H,17,18). The molecule has 0 amide bonds. The van der Waals surface area contributed by atoms with Gasteiger partial charge < -0.3 is 15.5 Å². The lowest BCUT2D eigenvalue weighted by atomic mass is 10.1. The van der Waals surface area contributed by atoms with Gasteiger partial charge in [0.15, 0.2) is 0 Å².